The van der Waals surface area contributed by atoms with Crippen LogP contribution < -0.4 is 9.64 Å². The van der Waals surface area contributed by atoms with Crippen LogP contribution in [0.3, 0.4) is 0 Å². The van der Waals surface area contributed by atoms with Crippen molar-refractivity contribution in [2.45, 2.75) is 13.0 Å². The number of halogens is 1. The van der Waals surface area contributed by atoms with Crippen molar-refractivity contribution in [1.29, 1.82) is 0 Å². The van der Waals surface area contributed by atoms with Gasteiger partial charge in [0.15, 0.2) is 0 Å². The number of carbonyl (C=O) groups excluding carboxylic acids is 2. The summed E-state index contributed by atoms with van der Waals surface area (Å²) in [5.41, 5.74) is 0.567. The molecule has 0 spiro atoms. The molecule has 152 valence electrons. The molecule has 0 bridgehead atoms. The van der Waals surface area contributed by atoms with Crippen LogP contribution >= 0.6 is 11.3 Å². The first kappa shape index (κ1) is 19.8. The van der Waals surface area contributed by atoms with Crippen molar-refractivity contribution < 1.29 is 23.8 Å². The number of aliphatic hydroxyl groups is 1. The summed E-state index contributed by atoms with van der Waals surface area (Å²) < 4.78 is 19.3. The summed E-state index contributed by atoms with van der Waals surface area (Å²) in [6, 6.07) is 14.9. The smallest absolute Gasteiger partial charge is 0.300 e. The van der Waals surface area contributed by atoms with Gasteiger partial charge in [0.05, 0.1) is 12.2 Å². The zero-order valence-electron chi connectivity index (χ0n) is 16.0. The second kappa shape index (κ2) is 8.12. The molecule has 2 heterocycles. The normalized spacial score (nSPS) is 18.1. The van der Waals surface area contributed by atoms with E-state index in [9.17, 15) is 19.1 Å². The Labute approximate surface area is 176 Å². The van der Waals surface area contributed by atoms with Crippen LogP contribution in [0.4, 0.5) is 10.1 Å². The molecule has 2 aromatic carbocycles. The molecule has 1 fully saturated rings. The van der Waals surface area contributed by atoms with Gasteiger partial charge >= 0.3 is 0 Å². The third kappa shape index (κ3) is 3.48. The van der Waals surface area contributed by atoms with Gasteiger partial charge in [-0.1, -0.05) is 24.3 Å². The summed E-state index contributed by atoms with van der Waals surface area (Å²) in [4.78, 5) is 27.8. The van der Waals surface area contributed by atoms with Crippen molar-refractivity contribution in [2.75, 3.05) is 11.5 Å². The zero-order chi connectivity index (χ0) is 21.3. The lowest BCUT2D eigenvalue weighted by Crippen LogP contribution is -2.29. The van der Waals surface area contributed by atoms with E-state index in [1.807, 2.05) is 12.3 Å². The number of nitrogens with zero attached hydrogens (tertiary/aromatic N) is 1. The monoisotopic (exact) mass is 423 g/mol. The Balaban J connectivity index is 1.90. The number of benzene rings is 2. The molecule has 7 heteroatoms. The van der Waals surface area contributed by atoms with Crippen LogP contribution in [-0.2, 0) is 9.59 Å². The first-order valence-electron chi connectivity index (χ1n) is 9.34. The second-order valence-electron chi connectivity index (χ2n) is 6.63. The molecule has 0 radical (unpaired) electrons. The Morgan fingerprint density at radius 2 is 1.93 bits per heavy atom. The highest BCUT2D eigenvalue weighted by molar-refractivity contribution is 7.10. The van der Waals surface area contributed by atoms with E-state index in [1.54, 1.807) is 42.5 Å². The molecule has 1 N–H and O–H groups in total. The molecule has 5 nitrogen and oxygen atoms in total. The van der Waals surface area contributed by atoms with Crippen LogP contribution in [-0.4, -0.2) is 23.4 Å². The number of Topliss-reactive ketones (excluding diaryl/α,β-unsaturated/α-hetero) is 1. The molecule has 1 aliphatic heterocycles. The largest absolute Gasteiger partial charge is 0.507 e. The van der Waals surface area contributed by atoms with Crippen molar-refractivity contribution in [2.24, 2.45) is 0 Å². The lowest BCUT2D eigenvalue weighted by atomic mass is 9.99. The number of aliphatic hydroxyl groups excluding tert-OH is 1. The highest BCUT2D eigenvalue weighted by Gasteiger charge is 2.47. The fourth-order valence-electron chi connectivity index (χ4n) is 3.50. The van der Waals surface area contributed by atoms with Crippen LogP contribution in [0.1, 0.15) is 23.4 Å². The number of amides is 1. The third-order valence-electron chi connectivity index (χ3n) is 4.76. The van der Waals surface area contributed by atoms with Crippen molar-refractivity contribution >= 4 is 34.5 Å². The van der Waals surface area contributed by atoms with Gasteiger partial charge in [-0.25, -0.2) is 4.39 Å². The number of carbonyl (C=O) groups is 2. The maximum absolute atomic E-state index is 13.9. The quantitative estimate of drug-likeness (QED) is 0.360. The fraction of sp³-hybridized carbons (Fsp3) is 0.130. The number of hydrogen-bond acceptors (Lipinski definition) is 5. The summed E-state index contributed by atoms with van der Waals surface area (Å²) in [5.74, 6) is -1.93. The standard InChI is InChI=1S/C23H18FNO4S/c1-2-29-17-9-3-6-14(12-17)21(26)19-20(18-10-5-11-30-18)25(23(28)22(19)27)16-8-4-7-15(24)13-16/h3-13,20,26H,2H2,1H3/b21-19-. The van der Waals surface area contributed by atoms with Gasteiger partial charge in [0.1, 0.15) is 23.4 Å². The Morgan fingerprint density at radius 3 is 2.63 bits per heavy atom. The van der Waals surface area contributed by atoms with Crippen molar-refractivity contribution in [3.05, 3.63) is 87.9 Å². The number of hydrogen-bond donors (Lipinski definition) is 1. The minimum absolute atomic E-state index is 0.0413. The van der Waals surface area contributed by atoms with Gasteiger partial charge in [-0.3, -0.25) is 14.5 Å². The van der Waals surface area contributed by atoms with Crippen molar-refractivity contribution in [3.63, 3.8) is 0 Å². The molecule has 1 amide bonds. The lowest BCUT2D eigenvalue weighted by Gasteiger charge is -2.24. The molecule has 0 aliphatic carbocycles. The molecule has 1 aromatic heterocycles. The first-order chi connectivity index (χ1) is 14.5. The lowest BCUT2D eigenvalue weighted by molar-refractivity contribution is -0.132. The van der Waals surface area contributed by atoms with Crippen LogP contribution in [0.15, 0.2) is 71.6 Å². The van der Waals surface area contributed by atoms with Crippen LogP contribution in [0.5, 0.6) is 5.75 Å². The Bertz CT molecular complexity index is 1140. The molecule has 0 saturated carbocycles. The van der Waals surface area contributed by atoms with Gasteiger partial charge in [-0.2, -0.15) is 0 Å². The van der Waals surface area contributed by atoms with Gasteiger partial charge < -0.3 is 9.84 Å². The number of ketones is 1. The van der Waals surface area contributed by atoms with E-state index in [0.717, 1.165) is 0 Å². The van der Waals surface area contributed by atoms with E-state index in [4.69, 9.17) is 4.74 Å². The third-order valence-corrected chi connectivity index (χ3v) is 5.69. The molecule has 30 heavy (non-hydrogen) atoms. The summed E-state index contributed by atoms with van der Waals surface area (Å²) in [7, 11) is 0. The van der Waals surface area contributed by atoms with Gasteiger partial charge in [-0.15, -0.1) is 11.3 Å². The van der Waals surface area contributed by atoms with E-state index in [1.165, 1.54) is 34.4 Å². The van der Waals surface area contributed by atoms with Crippen molar-refractivity contribution in [3.8, 4) is 5.75 Å². The zero-order valence-corrected chi connectivity index (χ0v) is 16.9. The van der Waals surface area contributed by atoms with Gasteiger partial charge in [-0.05, 0) is 48.7 Å². The SMILES string of the molecule is CCOc1cccc(/C(O)=C2/C(=O)C(=O)N(c3cccc(F)c3)C2c2cccs2)c1. The van der Waals surface area contributed by atoms with E-state index in [-0.39, 0.29) is 17.0 Å². The van der Waals surface area contributed by atoms with Gasteiger partial charge in [0.25, 0.3) is 11.7 Å². The Hall–Kier alpha value is -3.45. The topological polar surface area (TPSA) is 66.8 Å². The summed E-state index contributed by atoms with van der Waals surface area (Å²) >= 11 is 1.34. The summed E-state index contributed by atoms with van der Waals surface area (Å²) in [6.45, 7) is 2.29. The average Bonchev–Trinajstić information content (AvgIpc) is 3.35. The maximum Gasteiger partial charge on any atom is 0.300 e. The maximum atomic E-state index is 13.9. The first-order valence-corrected chi connectivity index (χ1v) is 10.2. The van der Waals surface area contributed by atoms with Gasteiger partial charge in [0, 0.05) is 16.1 Å². The molecule has 1 unspecified atom stereocenters. The molecular formula is C23H18FNO4S. The fourth-order valence-corrected chi connectivity index (χ4v) is 4.32. The molecule has 4 rings (SSSR count). The predicted octanol–water partition coefficient (Wildman–Crippen LogP) is 4.91. The summed E-state index contributed by atoms with van der Waals surface area (Å²) in [5, 5.41) is 12.9. The second-order valence-corrected chi connectivity index (χ2v) is 7.60. The number of thiophene rings is 1. The van der Waals surface area contributed by atoms with Crippen LogP contribution in [0.25, 0.3) is 5.76 Å². The Morgan fingerprint density at radius 1 is 1.13 bits per heavy atom. The summed E-state index contributed by atoms with van der Waals surface area (Å²) in [6.07, 6.45) is 0. The minimum atomic E-state index is -0.859. The van der Waals surface area contributed by atoms with E-state index >= 15 is 0 Å². The van der Waals surface area contributed by atoms with Crippen molar-refractivity contribution in [1.82, 2.24) is 0 Å². The Kier molecular flexibility index (Phi) is 5.37. The highest BCUT2D eigenvalue weighted by atomic mass is 32.1. The highest BCUT2D eigenvalue weighted by Crippen LogP contribution is 2.43. The minimum Gasteiger partial charge on any atom is -0.507 e. The van der Waals surface area contributed by atoms with Crippen LogP contribution in [0.2, 0.25) is 0 Å². The molecule has 3 aromatic rings. The van der Waals surface area contributed by atoms with E-state index < -0.39 is 23.5 Å². The number of anilines is 1. The molecule has 1 saturated heterocycles. The molecule has 1 aliphatic rings. The predicted molar refractivity (Wildman–Crippen MR) is 113 cm³/mol. The van der Waals surface area contributed by atoms with Gasteiger partial charge in [0.2, 0.25) is 0 Å². The van der Waals surface area contributed by atoms with Crippen LogP contribution in [0, 0.1) is 5.82 Å². The average molecular weight is 423 g/mol. The molecule has 1 atom stereocenters. The molecular weight excluding hydrogens is 405 g/mol. The van der Waals surface area contributed by atoms with E-state index in [0.29, 0.717) is 22.8 Å². The van der Waals surface area contributed by atoms with E-state index in [2.05, 4.69) is 0 Å². The number of rotatable bonds is 5. The number of ether oxygens (including phenoxy) is 1.